The zero-order valence-corrected chi connectivity index (χ0v) is 55.9. The molecule has 4 fully saturated rings. The second kappa shape index (κ2) is 33.8. The number of nitrogens with zero attached hydrogens (tertiary/aromatic N) is 6. The number of hydrogen-bond donors (Lipinski definition) is 4. The molecule has 0 radical (unpaired) electrons. The summed E-state index contributed by atoms with van der Waals surface area (Å²) in [5.41, 5.74) is 4.90. The number of rotatable bonds is 31. The van der Waals surface area contributed by atoms with Gasteiger partial charge in [-0.25, -0.2) is 31.2 Å². The van der Waals surface area contributed by atoms with Gasteiger partial charge in [-0.1, -0.05) is 42.5 Å². The third-order valence-corrected chi connectivity index (χ3v) is 22.7. The molecule has 0 saturated carbocycles. The van der Waals surface area contributed by atoms with Crippen molar-refractivity contribution >= 4 is 60.6 Å². The molecule has 0 aromatic heterocycles. The first-order valence-electron chi connectivity index (χ1n) is 33.2. The lowest BCUT2D eigenvalue weighted by molar-refractivity contribution is -0.119. The molecule has 0 bridgehead atoms. The van der Waals surface area contributed by atoms with Gasteiger partial charge in [-0.15, -0.1) is 0 Å². The molecule has 2 amide bonds. The van der Waals surface area contributed by atoms with Crippen LogP contribution in [-0.2, 0) is 47.0 Å². The van der Waals surface area contributed by atoms with Crippen molar-refractivity contribution in [3.8, 4) is 17.6 Å². The second-order valence-corrected chi connectivity index (χ2v) is 30.0. The van der Waals surface area contributed by atoms with Gasteiger partial charge in [0.25, 0.3) is 0 Å². The molecule has 10 rings (SSSR count). The number of fused-ring (bicyclic) bond motifs is 2. The minimum atomic E-state index is -3.79. The lowest BCUT2D eigenvalue weighted by Gasteiger charge is -2.32. The van der Waals surface area contributed by atoms with Crippen LogP contribution in [-0.4, -0.2) is 190 Å². The molecule has 6 aliphatic rings. The molecular formula is C68H90Cl2N10O10S2. The van der Waals surface area contributed by atoms with Crippen LogP contribution >= 0.6 is 23.2 Å². The zero-order valence-electron chi connectivity index (χ0n) is 52.8. The summed E-state index contributed by atoms with van der Waals surface area (Å²) in [7, 11) is -7.34. The molecule has 2 aliphatic carbocycles. The maximum Gasteiger partial charge on any atom is 0.314 e. The normalized spacial score (nSPS) is 22.4. The van der Waals surface area contributed by atoms with Gasteiger partial charge in [-0.2, -0.15) is 5.26 Å². The van der Waals surface area contributed by atoms with Crippen molar-refractivity contribution in [2.24, 2.45) is 5.92 Å². The summed E-state index contributed by atoms with van der Waals surface area (Å²) < 4.78 is 82.2. The first-order chi connectivity index (χ1) is 44.6. The van der Waals surface area contributed by atoms with E-state index < -0.39 is 19.9 Å². The van der Waals surface area contributed by atoms with Crippen molar-refractivity contribution in [2.45, 2.75) is 136 Å². The number of amides is 2. The van der Waals surface area contributed by atoms with Gasteiger partial charge in [-0.3, -0.25) is 19.5 Å². The molecule has 4 aromatic carbocycles. The van der Waals surface area contributed by atoms with Crippen LogP contribution in [0.3, 0.4) is 0 Å². The highest BCUT2D eigenvalue weighted by Crippen LogP contribution is 2.45. The van der Waals surface area contributed by atoms with Gasteiger partial charge in [0.2, 0.25) is 10.0 Å². The summed E-state index contributed by atoms with van der Waals surface area (Å²) in [5.74, 6) is 1.38. The monoisotopic (exact) mass is 1340 g/mol. The van der Waals surface area contributed by atoms with Crippen LogP contribution in [0.4, 0.5) is 10.5 Å². The Morgan fingerprint density at radius 2 is 1.26 bits per heavy atom. The maximum absolute atomic E-state index is 13.6. The fraction of sp³-hybridized carbons (Fsp3) is 0.588. The van der Waals surface area contributed by atoms with Crippen molar-refractivity contribution in [2.75, 3.05) is 124 Å². The summed E-state index contributed by atoms with van der Waals surface area (Å²) in [6, 6.07) is 22.4. The van der Waals surface area contributed by atoms with Gasteiger partial charge in [0, 0.05) is 87.9 Å². The highest BCUT2D eigenvalue weighted by molar-refractivity contribution is 7.91. The van der Waals surface area contributed by atoms with Crippen molar-refractivity contribution < 1.29 is 45.4 Å². The number of nitriles is 1. The van der Waals surface area contributed by atoms with Gasteiger partial charge in [0.05, 0.1) is 65.7 Å². The Morgan fingerprint density at radius 3 is 1.97 bits per heavy atom. The first kappa shape index (κ1) is 69.4. The molecule has 6 atom stereocenters. The van der Waals surface area contributed by atoms with Gasteiger partial charge in [0.1, 0.15) is 29.5 Å². The number of benzene rings is 4. The number of likely N-dealkylation sites (tertiary alicyclic amines) is 3. The summed E-state index contributed by atoms with van der Waals surface area (Å²) >= 11 is 13.0. The number of sulfonamides is 1. The van der Waals surface area contributed by atoms with Crippen LogP contribution in [0.5, 0.6) is 11.5 Å². The van der Waals surface area contributed by atoms with E-state index in [1.807, 2.05) is 12.1 Å². The number of nitrogens with one attached hydrogen (secondary N) is 4. The number of Topliss-reactive ketones (excluding diaryl/α,β-unsaturated/α-hetero) is 1. The van der Waals surface area contributed by atoms with Crippen molar-refractivity contribution in [3.05, 3.63) is 122 Å². The molecule has 4 aliphatic heterocycles. The number of halogens is 2. The van der Waals surface area contributed by atoms with Gasteiger partial charge >= 0.3 is 6.03 Å². The summed E-state index contributed by atoms with van der Waals surface area (Å²) in [4.78, 5) is 38.5. The maximum atomic E-state index is 13.6. The van der Waals surface area contributed by atoms with Crippen LogP contribution in [0.2, 0.25) is 10.0 Å². The Bertz CT molecular complexity index is 3210. The van der Waals surface area contributed by atoms with E-state index in [2.05, 4.69) is 51.2 Å². The smallest absolute Gasteiger partial charge is 0.314 e. The number of carbonyl (C=O) groups excluding carboxylic acids is 2. The predicted octanol–water partition coefficient (Wildman–Crippen LogP) is 9.07. The van der Waals surface area contributed by atoms with Crippen molar-refractivity contribution in [1.29, 1.82) is 5.26 Å². The van der Waals surface area contributed by atoms with Crippen LogP contribution < -0.4 is 30.1 Å². The molecule has 92 heavy (non-hydrogen) atoms. The molecule has 0 unspecified atom stereocenters. The van der Waals surface area contributed by atoms with Gasteiger partial charge in [-0.05, 0) is 204 Å². The van der Waals surface area contributed by atoms with E-state index in [9.17, 15) is 31.7 Å². The van der Waals surface area contributed by atoms with E-state index in [0.717, 1.165) is 120 Å². The number of urea groups is 1. The Labute approximate surface area is 554 Å². The minimum absolute atomic E-state index is 0.00446. The Balaban J connectivity index is 0.525. The van der Waals surface area contributed by atoms with Crippen LogP contribution in [0.1, 0.15) is 123 Å². The highest BCUT2D eigenvalue weighted by atomic mass is 35.5. The first-order valence-corrected chi connectivity index (χ1v) is 37.1. The van der Waals surface area contributed by atoms with Gasteiger partial charge < -0.3 is 39.8 Å². The Hall–Kier alpha value is -5.44. The lowest BCUT2D eigenvalue weighted by atomic mass is 10.0. The minimum Gasteiger partial charge on any atom is -0.484 e. The third-order valence-electron chi connectivity index (χ3n) is 18.9. The van der Waals surface area contributed by atoms with E-state index in [1.165, 1.54) is 12.8 Å². The predicted molar refractivity (Wildman–Crippen MR) is 355 cm³/mol. The summed E-state index contributed by atoms with van der Waals surface area (Å²) in [6.07, 6.45) is 11.7. The van der Waals surface area contributed by atoms with Gasteiger partial charge in [0.15, 0.2) is 15.5 Å². The molecule has 4 saturated heterocycles. The molecule has 20 nitrogen and oxygen atoms in total. The van der Waals surface area contributed by atoms with E-state index in [0.29, 0.717) is 137 Å². The highest BCUT2D eigenvalue weighted by Gasteiger charge is 2.42. The van der Waals surface area contributed by atoms with E-state index in [4.69, 9.17) is 48.7 Å². The van der Waals surface area contributed by atoms with Crippen LogP contribution in [0.15, 0.2) is 82.6 Å². The molecular weight excluding hydrogens is 1250 g/mol. The number of ketones is 1. The average molecular weight is 1340 g/mol. The van der Waals surface area contributed by atoms with E-state index in [1.54, 1.807) is 60.7 Å². The molecule has 4 N–H and O–H groups in total. The quantitative estimate of drug-likeness (QED) is 0.0272. The fourth-order valence-electron chi connectivity index (χ4n) is 14.1. The summed E-state index contributed by atoms with van der Waals surface area (Å²) in [5, 5.41) is 20.1. The second-order valence-electron chi connectivity index (χ2n) is 25.4. The van der Waals surface area contributed by atoms with Crippen molar-refractivity contribution in [1.82, 2.24) is 40.3 Å². The number of hydrogen-bond acceptors (Lipinski definition) is 16. The lowest BCUT2D eigenvalue weighted by Crippen LogP contribution is -2.42. The Morgan fingerprint density at radius 1 is 0.652 bits per heavy atom. The zero-order chi connectivity index (χ0) is 64.5. The van der Waals surface area contributed by atoms with E-state index in [-0.39, 0.29) is 63.6 Å². The molecule has 24 heteroatoms. The molecule has 0 spiro atoms. The molecule has 4 heterocycles. The fourth-order valence-corrected chi connectivity index (χ4v) is 17.4. The Kier molecular flexibility index (Phi) is 25.5. The SMILES string of the molecule is [C-]#[N+]c1cc(Cl)cc2c1C[C@H](N1CCCCCC1)[C@H]2Oc1ccc(S(=O)(=O)C[C@@H]2CCN(CCOCCNC(=O)NCCCCCC(=O)CCCOCCN3CC[C@@H](NS(=O)(=O)c4ccc(O[C@H]5c6cc(Cl)cc(C#N)c6C[C@@H]5N5CCCNCC5)cc4)C3)C2)cc1. The van der Waals surface area contributed by atoms with Crippen molar-refractivity contribution in [3.63, 3.8) is 0 Å². The van der Waals surface area contributed by atoms with E-state index >= 15 is 0 Å². The number of sulfone groups is 1. The van der Waals surface area contributed by atoms with Crippen LogP contribution in [0.25, 0.3) is 4.85 Å². The summed E-state index contributed by atoms with van der Waals surface area (Å²) in [6.45, 7) is 20.1. The number of carbonyl (C=O) groups is 2. The largest absolute Gasteiger partial charge is 0.484 e. The number of unbranched alkanes of at least 4 members (excludes halogenated alkanes) is 2. The third kappa shape index (κ3) is 19.2. The standard InChI is InChI=1S/C68H90Cl2N10O10S2/c1-72-63-42-52(70)41-62-60(63)44-65(79-27-7-2-3-8-28-79)67(62)90-55-13-17-57(18-14-55)91(83,84)48-49-21-30-77(46-49)33-38-88-36-26-75-68(82)74-24-6-4-5-11-54(81)12-9-35-87-37-34-78-31-22-53(47-78)76-92(85,86)58-19-15-56(16-20-58)89-66-61-40-51(69)39-50(45-71)59(61)43-64(66)80-29-10-23-73-25-32-80/h13-20,39-42,49,53,64-67,73,76H,2-12,21-38,43-44,46-48H2,(H2,74,75,82)/t49-,53-,64+,65+,66+,67+/m1/s1. The molecule has 4 aromatic rings. The van der Waals surface area contributed by atoms with Crippen LogP contribution in [0, 0.1) is 23.8 Å². The molecule has 498 valence electrons. The average Bonchev–Trinajstić information content (AvgIpc) is 1.62. The topological polar surface area (TPSA) is 229 Å². The number of ether oxygens (including phenoxy) is 4.